The normalized spacial score (nSPS) is 11.3. The summed E-state index contributed by atoms with van der Waals surface area (Å²) < 4.78 is 11.1. The van der Waals surface area contributed by atoms with Crippen LogP contribution in [0.4, 0.5) is 4.79 Å². The van der Waals surface area contributed by atoms with Crippen molar-refractivity contribution in [3.63, 3.8) is 0 Å². The first-order valence-corrected chi connectivity index (χ1v) is 11.4. The number of imide groups is 1. The Morgan fingerprint density at radius 3 is 2.48 bits per heavy atom. The highest BCUT2D eigenvalue weighted by molar-refractivity contribution is 7.13. The Morgan fingerprint density at radius 2 is 1.76 bits per heavy atom. The predicted molar refractivity (Wildman–Crippen MR) is 125 cm³/mol. The second-order valence-electron chi connectivity index (χ2n) is 6.88. The predicted octanol–water partition coefficient (Wildman–Crippen LogP) is 3.88. The van der Waals surface area contributed by atoms with Gasteiger partial charge in [0.1, 0.15) is 10.8 Å². The van der Waals surface area contributed by atoms with E-state index in [0.717, 1.165) is 16.3 Å². The molecule has 1 atom stereocenters. The highest BCUT2D eigenvalue weighted by atomic mass is 32.1. The fraction of sp³-hybridized carbons (Fsp3) is 0.250. The fourth-order valence-electron chi connectivity index (χ4n) is 3.04. The van der Waals surface area contributed by atoms with E-state index in [1.165, 1.54) is 11.3 Å². The van der Waals surface area contributed by atoms with E-state index in [1.54, 1.807) is 42.6 Å². The van der Waals surface area contributed by atoms with Crippen molar-refractivity contribution in [2.75, 3.05) is 13.2 Å². The second-order valence-corrected chi connectivity index (χ2v) is 7.74. The maximum absolute atomic E-state index is 12.7. The molecule has 3 rings (SSSR count). The zero-order valence-corrected chi connectivity index (χ0v) is 19.2. The molecule has 1 heterocycles. The first kappa shape index (κ1) is 23.9. The number of para-hydroxylation sites is 1. The molecule has 0 saturated carbocycles. The largest absolute Gasteiger partial charge is 0.493 e. The van der Waals surface area contributed by atoms with E-state index in [-0.39, 0.29) is 6.42 Å². The maximum Gasteiger partial charge on any atom is 0.321 e. The Kier molecular flexibility index (Phi) is 8.54. The zero-order chi connectivity index (χ0) is 23.6. The van der Waals surface area contributed by atoms with Gasteiger partial charge in [0.2, 0.25) is 6.10 Å². The van der Waals surface area contributed by atoms with Crippen LogP contribution >= 0.6 is 11.3 Å². The summed E-state index contributed by atoms with van der Waals surface area (Å²) in [6, 6.07) is 15.4. The maximum atomic E-state index is 12.7. The van der Waals surface area contributed by atoms with Gasteiger partial charge in [-0.15, -0.1) is 11.3 Å². The lowest BCUT2D eigenvalue weighted by Crippen LogP contribution is -2.42. The van der Waals surface area contributed by atoms with Gasteiger partial charge in [0.05, 0.1) is 24.3 Å². The standard InChI is InChI=1S/C24H25N3O5S/c1-3-25-24(30)27-22(29)21(16-10-6-5-7-11-16)32-20(28)14-17-15-33-23(26-17)18-12-8-9-13-19(18)31-4-2/h5-13,15,21H,3-4,14H2,1-2H3,(H2,25,27,29,30). The smallest absolute Gasteiger partial charge is 0.321 e. The van der Waals surface area contributed by atoms with Crippen molar-refractivity contribution < 1.29 is 23.9 Å². The lowest BCUT2D eigenvalue weighted by Gasteiger charge is -2.17. The highest BCUT2D eigenvalue weighted by Gasteiger charge is 2.27. The summed E-state index contributed by atoms with van der Waals surface area (Å²) in [7, 11) is 0. The van der Waals surface area contributed by atoms with Crippen LogP contribution in [0.1, 0.15) is 31.2 Å². The fourth-order valence-corrected chi connectivity index (χ4v) is 3.89. The summed E-state index contributed by atoms with van der Waals surface area (Å²) in [6.07, 6.45) is -1.39. The summed E-state index contributed by atoms with van der Waals surface area (Å²) in [5.74, 6) is -0.649. The number of thiazole rings is 1. The molecule has 2 aromatic carbocycles. The number of ether oxygens (including phenoxy) is 2. The van der Waals surface area contributed by atoms with E-state index in [4.69, 9.17) is 9.47 Å². The first-order chi connectivity index (χ1) is 16.0. The highest BCUT2D eigenvalue weighted by Crippen LogP contribution is 2.32. The molecule has 0 radical (unpaired) electrons. The van der Waals surface area contributed by atoms with Gasteiger partial charge in [-0.1, -0.05) is 42.5 Å². The van der Waals surface area contributed by atoms with Gasteiger partial charge in [-0.2, -0.15) is 0 Å². The van der Waals surface area contributed by atoms with E-state index in [0.29, 0.717) is 24.4 Å². The number of hydrogen-bond acceptors (Lipinski definition) is 7. The molecule has 0 fully saturated rings. The summed E-state index contributed by atoms with van der Waals surface area (Å²) in [5.41, 5.74) is 1.81. The van der Waals surface area contributed by atoms with Crippen LogP contribution in [-0.4, -0.2) is 36.0 Å². The van der Waals surface area contributed by atoms with E-state index >= 15 is 0 Å². The average Bonchev–Trinajstić information content (AvgIpc) is 3.27. The third-order valence-electron chi connectivity index (χ3n) is 4.46. The lowest BCUT2D eigenvalue weighted by atomic mass is 10.1. The van der Waals surface area contributed by atoms with E-state index in [9.17, 15) is 14.4 Å². The van der Waals surface area contributed by atoms with Gasteiger partial charge in [-0.25, -0.2) is 9.78 Å². The van der Waals surface area contributed by atoms with Crippen molar-refractivity contribution in [2.45, 2.75) is 26.4 Å². The average molecular weight is 468 g/mol. The molecule has 0 aliphatic carbocycles. The number of rotatable bonds is 9. The molecule has 0 bridgehead atoms. The van der Waals surface area contributed by atoms with Gasteiger partial charge in [0.25, 0.3) is 5.91 Å². The Morgan fingerprint density at radius 1 is 1.03 bits per heavy atom. The van der Waals surface area contributed by atoms with Gasteiger partial charge in [-0.3, -0.25) is 14.9 Å². The van der Waals surface area contributed by atoms with Gasteiger partial charge in [0, 0.05) is 17.5 Å². The summed E-state index contributed by atoms with van der Waals surface area (Å²) >= 11 is 1.39. The minimum atomic E-state index is -1.27. The Labute approximate surface area is 196 Å². The van der Waals surface area contributed by atoms with Crippen LogP contribution in [0.5, 0.6) is 5.75 Å². The molecule has 1 unspecified atom stereocenters. The Hall–Kier alpha value is -3.72. The zero-order valence-electron chi connectivity index (χ0n) is 18.4. The van der Waals surface area contributed by atoms with Crippen LogP contribution in [0.15, 0.2) is 60.0 Å². The number of amides is 3. The number of esters is 1. The van der Waals surface area contributed by atoms with Crippen molar-refractivity contribution in [1.82, 2.24) is 15.6 Å². The summed E-state index contributed by atoms with van der Waals surface area (Å²) in [4.78, 5) is 41.6. The van der Waals surface area contributed by atoms with Crippen LogP contribution in [0.3, 0.4) is 0 Å². The molecular formula is C24H25N3O5S. The number of benzene rings is 2. The van der Waals surface area contributed by atoms with Crippen molar-refractivity contribution in [1.29, 1.82) is 0 Å². The van der Waals surface area contributed by atoms with Crippen LogP contribution < -0.4 is 15.4 Å². The summed E-state index contributed by atoms with van der Waals surface area (Å²) in [5, 5.41) is 7.16. The van der Waals surface area contributed by atoms with E-state index in [2.05, 4.69) is 15.6 Å². The Balaban J connectivity index is 1.72. The minimum Gasteiger partial charge on any atom is -0.493 e. The molecule has 2 N–H and O–H groups in total. The number of hydrogen-bond donors (Lipinski definition) is 2. The van der Waals surface area contributed by atoms with Gasteiger partial charge >= 0.3 is 12.0 Å². The first-order valence-electron chi connectivity index (χ1n) is 10.5. The number of nitrogens with zero attached hydrogens (tertiary/aromatic N) is 1. The van der Waals surface area contributed by atoms with Crippen LogP contribution in [0.2, 0.25) is 0 Å². The van der Waals surface area contributed by atoms with Crippen molar-refractivity contribution >= 4 is 29.2 Å². The van der Waals surface area contributed by atoms with Crippen molar-refractivity contribution in [3.8, 4) is 16.3 Å². The monoisotopic (exact) mass is 467 g/mol. The van der Waals surface area contributed by atoms with Crippen LogP contribution in [0.25, 0.3) is 10.6 Å². The molecule has 172 valence electrons. The Bertz CT molecular complexity index is 1100. The molecule has 0 aliphatic heterocycles. The number of nitrogens with one attached hydrogen (secondary N) is 2. The van der Waals surface area contributed by atoms with Crippen molar-refractivity contribution in [3.05, 3.63) is 71.2 Å². The van der Waals surface area contributed by atoms with Crippen molar-refractivity contribution in [2.24, 2.45) is 0 Å². The minimum absolute atomic E-state index is 0.120. The lowest BCUT2D eigenvalue weighted by molar-refractivity contribution is -0.155. The molecule has 0 spiro atoms. The molecular weight excluding hydrogens is 442 g/mol. The summed E-state index contributed by atoms with van der Waals surface area (Å²) in [6.45, 7) is 4.52. The topological polar surface area (TPSA) is 107 Å². The molecule has 8 nitrogen and oxygen atoms in total. The number of aromatic nitrogens is 1. The quantitative estimate of drug-likeness (QED) is 0.463. The molecule has 33 heavy (non-hydrogen) atoms. The van der Waals surface area contributed by atoms with E-state index in [1.807, 2.05) is 31.2 Å². The van der Waals surface area contributed by atoms with Gasteiger partial charge in [0.15, 0.2) is 0 Å². The van der Waals surface area contributed by atoms with Gasteiger partial charge in [-0.05, 0) is 26.0 Å². The van der Waals surface area contributed by atoms with E-state index < -0.39 is 24.0 Å². The molecule has 3 amide bonds. The number of carbonyl (C=O) groups excluding carboxylic acids is 3. The molecule has 0 saturated heterocycles. The molecule has 9 heteroatoms. The SMILES string of the molecule is CCNC(=O)NC(=O)C(OC(=O)Cc1csc(-c2ccccc2OCC)n1)c1ccccc1. The second kappa shape index (κ2) is 11.8. The third kappa shape index (κ3) is 6.63. The number of carbonyl (C=O) groups is 3. The molecule has 1 aromatic heterocycles. The molecule has 0 aliphatic rings. The number of urea groups is 1. The third-order valence-corrected chi connectivity index (χ3v) is 5.38. The van der Waals surface area contributed by atoms with Crippen LogP contribution in [-0.2, 0) is 20.7 Å². The van der Waals surface area contributed by atoms with Gasteiger partial charge < -0.3 is 14.8 Å². The molecule has 3 aromatic rings. The van der Waals surface area contributed by atoms with Crippen LogP contribution in [0, 0.1) is 0 Å².